The van der Waals surface area contributed by atoms with Crippen molar-refractivity contribution in [1.82, 2.24) is 0 Å². The molecule has 2 nitrogen and oxygen atoms in total. The molecule has 0 aliphatic rings. The monoisotopic (exact) mass is 279 g/mol. The smallest absolute Gasteiger partial charge is 0.137 e. The van der Waals surface area contributed by atoms with Crippen molar-refractivity contribution < 1.29 is 9.13 Å². The van der Waals surface area contributed by atoms with Crippen molar-refractivity contribution >= 4 is 17.3 Å². The summed E-state index contributed by atoms with van der Waals surface area (Å²) in [6, 6.07) is 11.9. The van der Waals surface area contributed by atoms with E-state index in [2.05, 4.69) is 5.32 Å². The minimum atomic E-state index is -0.241. The molecule has 0 atom stereocenters. The minimum absolute atomic E-state index is 0.241. The Morgan fingerprint density at radius 2 is 1.89 bits per heavy atom. The third-order valence-electron chi connectivity index (χ3n) is 2.64. The summed E-state index contributed by atoms with van der Waals surface area (Å²) < 4.78 is 18.1. The van der Waals surface area contributed by atoms with Crippen molar-refractivity contribution in [3.05, 3.63) is 58.9 Å². The predicted molar refractivity (Wildman–Crippen MR) is 76.3 cm³/mol. The van der Waals surface area contributed by atoms with Crippen LogP contribution in [-0.4, -0.2) is 6.61 Å². The van der Waals surface area contributed by atoms with Gasteiger partial charge in [0.1, 0.15) is 11.6 Å². The van der Waals surface area contributed by atoms with E-state index >= 15 is 0 Å². The van der Waals surface area contributed by atoms with Crippen LogP contribution in [0.4, 0.5) is 10.1 Å². The fourth-order valence-electron chi connectivity index (χ4n) is 1.70. The molecule has 0 aromatic heterocycles. The molecule has 4 heteroatoms. The Morgan fingerprint density at radius 3 is 2.53 bits per heavy atom. The molecule has 0 spiro atoms. The third kappa shape index (κ3) is 3.86. The SMILES string of the molecule is CCOc1ccc(CNc2ccc(F)cc2)cc1Cl. The van der Waals surface area contributed by atoms with E-state index in [0.29, 0.717) is 23.9 Å². The van der Waals surface area contributed by atoms with Gasteiger partial charge in [-0.15, -0.1) is 0 Å². The molecule has 0 unspecified atom stereocenters. The molecule has 0 fully saturated rings. The van der Waals surface area contributed by atoms with Gasteiger partial charge in [-0.3, -0.25) is 0 Å². The Kier molecular flexibility index (Phi) is 4.63. The zero-order chi connectivity index (χ0) is 13.7. The van der Waals surface area contributed by atoms with Crippen LogP contribution >= 0.6 is 11.6 Å². The predicted octanol–water partition coefficient (Wildman–Crippen LogP) is 4.49. The van der Waals surface area contributed by atoms with Gasteiger partial charge < -0.3 is 10.1 Å². The van der Waals surface area contributed by atoms with Gasteiger partial charge in [0.2, 0.25) is 0 Å². The number of hydrogen-bond acceptors (Lipinski definition) is 2. The molecule has 0 aliphatic carbocycles. The van der Waals surface area contributed by atoms with Crippen LogP contribution in [0.5, 0.6) is 5.75 Å². The topological polar surface area (TPSA) is 21.3 Å². The molecule has 2 aromatic carbocycles. The Hall–Kier alpha value is -1.74. The molecule has 0 saturated carbocycles. The van der Waals surface area contributed by atoms with Crippen molar-refractivity contribution in [3.63, 3.8) is 0 Å². The summed E-state index contributed by atoms with van der Waals surface area (Å²) in [4.78, 5) is 0. The number of ether oxygens (including phenoxy) is 1. The summed E-state index contributed by atoms with van der Waals surface area (Å²) in [6.45, 7) is 3.13. The van der Waals surface area contributed by atoms with Gasteiger partial charge in [0.25, 0.3) is 0 Å². The fourth-order valence-corrected chi connectivity index (χ4v) is 1.96. The number of rotatable bonds is 5. The molecule has 1 N–H and O–H groups in total. The van der Waals surface area contributed by atoms with E-state index in [1.165, 1.54) is 12.1 Å². The zero-order valence-electron chi connectivity index (χ0n) is 10.6. The lowest BCUT2D eigenvalue weighted by Gasteiger charge is -2.09. The number of halogens is 2. The van der Waals surface area contributed by atoms with E-state index in [9.17, 15) is 4.39 Å². The van der Waals surface area contributed by atoms with Crippen LogP contribution in [0.3, 0.4) is 0 Å². The van der Waals surface area contributed by atoms with Crippen molar-refractivity contribution in [1.29, 1.82) is 0 Å². The standard InChI is InChI=1S/C15H15ClFNO/c1-2-19-15-8-3-11(9-14(15)16)10-18-13-6-4-12(17)5-7-13/h3-9,18H,2,10H2,1H3. The first-order valence-corrected chi connectivity index (χ1v) is 6.47. The molecule has 0 heterocycles. The van der Waals surface area contributed by atoms with Gasteiger partial charge >= 0.3 is 0 Å². The van der Waals surface area contributed by atoms with Crippen LogP contribution < -0.4 is 10.1 Å². The third-order valence-corrected chi connectivity index (χ3v) is 2.93. The molecule has 2 aromatic rings. The van der Waals surface area contributed by atoms with Gasteiger partial charge in [0, 0.05) is 12.2 Å². The van der Waals surface area contributed by atoms with Crippen LogP contribution in [-0.2, 0) is 6.54 Å². The summed E-state index contributed by atoms with van der Waals surface area (Å²) in [7, 11) is 0. The first kappa shape index (κ1) is 13.7. The number of benzene rings is 2. The molecule has 19 heavy (non-hydrogen) atoms. The molecule has 0 amide bonds. The van der Waals surface area contributed by atoms with Gasteiger partial charge in [-0.05, 0) is 48.9 Å². The highest BCUT2D eigenvalue weighted by Crippen LogP contribution is 2.25. The lowest BCUT2D eigenvalue weighted by molar-refractivity contribution is 0.340. The largest absolute Gasteiger partial charge is 0.492 e. The lowest BCUT2D eigenvalue weighted by atomic mass is 10.2. The van der Waals surface area contributed by atoms with Crippen LogP contribution in [0.15, 0.2) is 42.5 Å². The maximum absolute atomic E-state index is 12.8. The first-order valence-electron chi connectivity index (χ1n) is 6.09. The first-order chi connectivity index (χ1) is 9.19. The molecule has 0 saturated heterocycles. The van der Waals surface area contributed by atoms with Crippen LogP contribution in [0.25, 0.3) is 0 Å². The second kappa shape index (κ2) is 6.43. The average molecular weight is 280 g/mol. The second-order valence-electron chi connectivity index (χ2n) is 4.06. The van der Waals surface area contributed by atoms with Gasteiger partial charge in [-0.25, -0.2) is 4.39 Å². The van der Waals surface area contributed by atoms with E-state index in [4.69, 9.17) is 16.3 Å². The quantitative estimate of drug-likeness (QED) is 0.871. The van der Waals surface area contributed by atoms with Crippen molar-refractivity contribution in [2.45, 2.75) is 13.5 Å². The maximum Gasteiger partial charge on any atom is 0.137 e. The van der Waals surface area contributed by atoms with Gasteiger partial charge in [0.15, 0.2) is 0 Å². The van der Waals surface area contributed by atoms with E-state index in [-0.39, 0.29) is 5.82 Å². The van der Waals surface area contributed by atoms with Crippen LogP contribution in [0.1, 0.15) is 12.5 Å². The molecule has 0 bridgehead atoms. The summed E-state index contributed by atoms with van der Waals surface area (Å²) >= 11 is 6.11. The number of anilines is 1. The fraction of sp³-hybridized carbons (Fsp3) is 0.200. The lowest BCUT2D eigenvalue weighted by Crippen LogP contribution is -2.00. The summed E-state index contributed by atoms with van der Waals surface area (Å²) in [5, 5.41) is 3.80. The van der Waals surface area contributed by atoms with E-state index in [0.717, 1.165) is 11.3 Å². The highest BCUT2D eigenvalue weighted by atomic mass is 35.5. The van der Waals surface area contributed by atoms with Crippen LogP contribution in [0, 0.1) is 5.82 Å². The molecular weight excluding hydrogens is 265 g/mol. The molecule has 2 rings (SSSR count). The maximum atomic E-state index is 12.8. The molecule has 0 radical (unpaired) electrons. The Balaban J connectivity index is 1.99. The van der Waals surface area contributed by atoms with Crippen molar-refractivity contribution in [3.8, 4) is 5.75 Å². The zero-order valence-corrected chi connectivity index (χ0v) is 11.4. The normalized spacial score (nSPS) is 10.3. The van der Waals surface area contributed by atoms with E-state index in [1.807, 2.05) is 25.1 Å². The summed E-state index contributed by atoms with van der Waals surface area (Å²) in [6.07, 6.45) is 0. The second-order valence-corrected chi connectivity index (χ2v) is 4.47. The van der Waals surface area contributed by atoms with Gasteiger partial charge in [0.05, 0.1) is 11.6 Å². The van der Waals surface area contributed by atoms with Gasteiger partial charge in [-0.2, -0.15) is 0 Å². The molecule has 0 aliphatic heterocycles. The number of hydrogen-bond donors (Lipinski definition) is 1. The highest BCUT2D eigenvalue weighted by Gasteiger charge is 2.02. The minimum Gasteiger partial charge on any atom is -0.492 e. The van der Waals surface area contributed by atoms with Crippen molar-refractivity contribution in [2.24, 2.45) is 0 Å². The highest BCUT2D eigenvalue weighted by molar-refractivity contribution is 6.32. The summed E-state index contributed by atoms with van der Waals surface area (Å²) in [5.74, 6) is 0.448. The Morgan fingerprint density at radius 1 is 1.16 bits per heavy atom. The van der Waals surface area contributed by atoms with E-state index < -0.39 is 0 Å². The van der Waals surface area contributed by atoms with Gasteiger partial charge in [-0.1, -0.05) is 17.7 Å². The average Bonchev–Trinajstić information content (AvgIpc) is 2.41. The number of nitrogens with one attached hydrogen (secondary N) is 1. The Bertz CT molecular complexity index is 542. The Labute approximate surface area is 117 Å². The molecule has 100 valence electrons. The summed E-state index contributed by atoms with van der Waals surface area (Å²) in [5.41, 5.74) is 1.91. The van der Waals surface area contributed by atoms with E-state index in [1.54, 1.807) is 12.1 Å². The molecular formula is C15H15ClFNO. The van der Waals surface area contributed by atoms with Crippen LogP contribution in [0.2, 0.25) is 5.02 Å². The van der Waals surface area contributed by atoms with Crippen molar-refractivity contribution in [2.75, 3.05) is 11.9 Å².